The highest BCUT2D eigenvalue weighted by molar-refractivity contribution is 6.12. The predicted octanol–water partition coefficient (Wildman–Crippen LogP) is 8.54. The van der Waals surface area contributed by atoms with Gasteiger partial charge in [0.15, 0.2) is 0 Å². The first kappa shape index (κ1) is 20.9. The SMILES string of the molecule is c1cc(-c2cccc(-n3c4ccccc4c4cccnc43)n2)cc(-c2cccc3c2[nH]c2ccccc23)c1. The molecule has 0 aliphatic heterocycles. The molecule has 0 spiro atoms. The molecule has 0 aliphatic rings. The number of nitrogens with zero attached hydrogens (tertiary/aromatic N) is 3. The molecule has 0 amide bonds. The molecule has 4 nitrogen and oxygen atoms in total. The van der Waals surface area contributed by atoms with E-state index in [9.17, 15) is 0 Å². The highest BCUT2D eigenvalue weighted by atomic mass is 15.1. The van der Waals surface area contributed by atoms with Crippen molar-refractivity contribution < 1.29 is 0 Å². The Labute approximate surface area is 218 Å². The normalized spacial score (nSPS) is 11.7. The molecule has 0 saturated carbocycles. The molecule has 38 heavy (non-hydrogen) atoms. The van der Waals surface area contributed by atoms with Gasteiger partial charge in [0.2, 0.25) is 0 Å². The summed E-state index contributed by atoms with van der Waals surface area (Å²) >= 11 is 0. The summed E-state index contributed by atoms with van der Waals surface area (Å²) in [4.78, 5) is 13.5. The van der Waals surface area contributed by atoms with Gasteiger partial charge in [-0.1, -0.05) is 78.9 Å². The molecule has 4 heterocycles. The molecule has 4 heteroatoms. The number of hydrogen-bond donors (Lipinski definition) is 1. The van der Waals surface area contributed by atoms with E-state index in [4.69, 9.17) is 9.97 Å². The maximum absolute atomic E-state index is 5.13. The molecule has 8 aromatic rings. The van der Waals surface area contributed by atoms with Gasteiger partial charge in [-0.25, -0.2) is 9.97 Å². The highest BCUT2D eigenvalue weighted by Crippen LogP contribution is 2.35. The van der Waals surface area contributed by atoms with Gasteiger partial charge in [0, 0.05) is 44.4 Å². The smallest absolute Gasteiger partial charge is 0.146 e. The first-order valence-corrected chi connectivity index (χ1v) is 12.8. The number of aromatic amines is 1. The maximum atomic E-state index is 5.13. The topological polar surface area (TPSA) is 46.5 Å². The zero-order chi connectivity index (χ0) is 25.1. The van der Waals surface area contributed by atoms with E-state index in [1.165, 1.54) is 21.7 Å². The molecular formula is C34H22N4. The fourth-order valence-corrected chi connectivity index (χ4v) is 5.70. The van der Waals surface area contributed by atoms with Crippen molar-refractivity contribution >= 4 is 43.7 Å². The van der Waals surface area contributed by atoms with Crippen LogP contribution in [0, 0.1) is 0 Å². The van der Waals surface area contributed by atoms with E-state index >= 15 is 0 Å². The van der Waals surface area contributed by atoms with Gasteiger partial charge in [0.05, 0.1) is 16.7 Å². The van der Waals surface area contributed by atoms with E-state index in [0.717, 1.165) is 50.2 Å². The molecule has 0 fully saturated rings. The number of benzene rings is 4. The van der Waals surface area contributed by atoms with Gasteiger partial charge in [-0.05, 0) is 48.0 Å². The lowest BCUT2D eigenvalue weighted by atomic mass is 9.99. The first-order chi connectivity index (χ1) is 18.8. The van der Waals surface area contributed by atoms with Gasteiger partial charge in [-0.3, -0.25) is 4.57 Å². The molecule has 178 valence electrons. The summed E-state index contributed by atoms with van der Waals surface area (Å²) in [6.45, 7) is 0. The summed E-state index contributed by atoms with van der Waals surface area (Å²) in [6.07, 6.45) is 1.84. The summed E-state index contributed by atoms with van der Waals surface area (Å²) in [5, 5.41) is 4.79. The molecule has 0 aliphatic carbocycles. The lowest BCUT2D eigenvalue weighted by molar-refractivity contribution is 1.06. The Kier molecular flexibility index (Phi) is 4.49. The van der Waals surface area contributed by atoms with Crippen LogP contribution in [0.5, 0.6) is 0 Å². The number of H-pyrrole nitrogens is 1. The fraction of sp³-hybridized carbons (Fsp3) is 0. The molecule has 4 aromatic heterocycles. The predicted molar refractivity (Wildman–Crippen MR) is 157 cm³/mol. The number of fused-ring (bicyclic) bond motifs is 6. The second-order valence-corrected chi connectivity index (χ2v) is 9.59. The third kappa shape index (κ3) is 3.10. The van der Waals surface area contributed by atoms with Gasteiger partial charge < -0.3 is 4.98 Å². The van der Waals surface area contributed by atoms with E-state index < -0.39 is 0 Å². The van der Waals surface area contributed by atoms with Crippen molar-refractivity contribution in [2.75, 3.05) is 0 Å². The van der Waals surface area contributed by atoms with Crippen molar-refractivity contribution in [3.63, 3.8) is 0 Å². The molecule has 4 aromatic carbocycles. The van der Waals surface area contributed by atoms with E-state index in [1.54, 1.807) is 0 Å². The van der Waals surface area contributed by atoms with Crippen LogP contribution in [0.25, 0.3) is 71.9 Å². The van der Waals surface area contributed by atoms with Gasteiger partial charge >= 0.3 is 0 Å². The van der Waals surface area contributed by atoms with Crippen molar-refractivity contribution in [3.8, 4) is 28.2 Å². The van der Waals surface area contributed by atoms with E-state index in [-0.39, 0.29) is 0 Å². The Morgan fingerprint density at radius 2 is 1.34 bits per heavy atom. The number of para-hydroxylation sites is 3. The summed E-state index contributed by atoms with van der Waals surface area (Å²) < 4.78 is 2.16. The zero-order valence-corrected chi connectivity index (χ0v) is 20.5. The largest absolute Gasteiger partial charge is 0.354 e. The Hall–Kier alpha value is -5.22. The van der Waals surface area contributed by atoms with Gasteiger partial charge in [0.1, 0.15) is 11.5 Å². The number of rotatable bonds is 3. The van der Waals surface area contributed by atoms with Crippen LogP contribution in [0.2, 0.25) is 0 Å². The Balaban J connectivity index is 1.28. The quantitative estimate of drug-likeness (QED) is 0.272. The van der Waals surface area contributed by atoms with Crippen molar-refractivity contribution in [3.05, 3.63) is 128 Å². The van der Waals surface area contributed by atoms with Crippen LogP contribution in [0.15, 0.2) is 128 Å². The summed E-state index contributed by atoms with van der Waals surface area (Å²) in [7, 11) is 0. The van der Waals surface area contributed by atoms with Crippen LogP contribution in [-0.4, -0.2) is 19.5 Å². The maximum Gasteiger partial charge on any atom is 0.146 e. The van der Waals surface area contributed by atoms with E-state index in [1.807, 2.05) is 12.3 Å². The number of aromatic nitrogens is 4. The van der Waals surface area contributed by atoms with Crippen molar-refractivity contribution in [2.24, 2.45) is 0 Å². The number of hydrogen-bond acceptors (Lipinski definition) is 2. The first-order valence-electron chi connectivity index (χ1n) is 12.8. The van der Waals surface area contributed by atoms with Crippen LogP contribution in [0.3, 0.4) is 0 Å². The minimum Gasteiger partial charge on any atom is -0.354 e. The van der Waals surface area contributed by atoms with Crippen LogP contribution in [0.4, 0.5) is 0 Å². The van der Waals surface area contributed by atoms with E-state index in [2.05, 4.69) is 125 Å². The lowest BCUT2D eigenvalue weighted by Crippen LogP contribution is -1.99. The third-order valence-corrected chi connectivity index (χ3v) is 7.41. The number of pyridine rings is 2. The summed E-state index contributed by atoms with van der Waals surface area (Å²) in [6, 6.07) is 42.4. The van der Waals surface area contributed by atoms with Crippen molar-refractivity contribution in [2.45, 2.75) is 0 Å². The average Bonchev–Trinajstić information content (AvgIpc) is 3.53. The molecule has 1 N–H and O–H groups in total. The van der Waals surface area contributed by atoms with Crippen LogP contribution < -0.4 is 0 Å². The Morgan fingerprint density at radius 1 is 0.579 bits per heavy atom. The van der Waals surface area contributed by atoms with E-state index in [0.29, 0.717) is 0 Å². The average molecular weight is 487 g/mol. The second-order valence-electron chi connectivity index (χ2n) is 9.59. The monoisotopic (exact) mass is 486 g/mol. The standard InChI is InChI=1S/C34H22N4/c1-3-16-30-25(11-1)27-14-6-13-24(33(27)37-30)22-9-5-10-23(21-22)29-17-7-19-32(36-29)38-31-18-4-2-12-26(31)28-15-8-20-35-34(28)38/h1-21,37H. The molecule has 0 bridgehead atoms. The van der Waals surface area contributed by atoms with Crippen molar-refractivity contribution in [1.82, 2.24) is 19.5 Å². The van der Waals surface area contributed by atoms with Crippen LogP contribution in [-0.2, 0) is 0 Å². The molecular weight excluding hydrogens is 464 g/mol. The molecule has 8 rings (SSSR count). The molecule has 0 atom stereocenters. The highest BCUT2D eigenvalue weighted by Gasteiger charge is 2.15. The van der Waals surface area contributed by atoms with Crippen LogP contribution in [0.1, 0.15) is 0 Å². The Bertz CT molecular complexity index is 2090. The van der Waals surface area contributed by atoms with Crippen LogP contribution >= 0.6 is 0 Å². The summed E-state index contributed by atoms with van der Waals surface area (Å²) in [5.74, 6) is 0.857. The minimum atomic E-state index is 0.857. The second kappa shape index (κ2) is 8.15. The lowest BCUT2D eigenvalue weighted by Gasteiger charge is -2.10. The van der Waals surface area contributed by atoms with Gasteiger partial charge in [0.25, 0.3) is 0 Å². The molecule has 0 radical (unpaired) electrons. The fourth-order valence-electron chi connectivity index (χ4n) is 5.70. The van der Waals surface area contributed by atoms with Gasteiger partial charge in [-0.15, -0.1) is 0 Å². The Morgan fingerprint density at radius 3 is 2.32 bits per heavy atom. The summed E-state index contributed by atoms with van der Waals surface area (Å²) in [5.41, 5.74) is 8.67. The zero-order valence-electron chi connectivity index (χ0n) is 20.5. The minimum absolute atomic E-state index is 0.857. The van der Waals surface area contributed by atoms with Crippen molar-refractivity contribution in [1.29, 1.82) is 0 Å². The van der Waals surface area contributed by atoms with Gasteiger partial charge in [-0.2, -0.15) is 0 Å². The molecule has 0 saturated heterocycles. The molecule has 0 unspecified atom stereocenters. The third-order valence-electron chi connectivity index (χ3n) is 7.41. The number of nitrogens with one attached hydrogen (secondary N) is 1.